The smallest absolute Gasteiger partial charge is 0.215 e. The zero-order valence-corrected chi connectivity index (χ0v) is 10.7. The van der Waals surface area contributed by atoms with E-state index in [-0.39, 0.29) is 0 Å². The van der Waals surface area contributed by atoms with Gasteiger partial charge in [0.15, 0.2) is 0 Å². The maximum Gasteiger partial charge on any atom is 0.215 e. The van der Waals surface area contributed by atoms with E-state index in [1.807, 2.05) is 25.1 Å². The molecule has 0 saturated carbocycles. The van der Waals surface area contributed by atoms with Gasteiger partial charge in [0.2, 0.25) is 5.88 Å². The van der Waals surface area contributed by atoms with Crippen molar-refractivity contribution in [2.75, 3.05) is 18.5 Å². The Bertz CT molecular complexity index is 442. The molecule has 4 heteroatoms. The standard InChI is InChI=1S/C13H16N2OS/c1-2-16-13-5-3-4-12(15-13)14-8-6-11-7-9-17-10-11/h3-5,7,9-10H,2,6,8H2,1H3,(H,14,15). The van der Waals surface area contributed by atoms with E-state index in [9.17, 15) is 0 Å². The van der Waals surface area contributed by atoms with Crippen LogP contribution in [0.1, 0.15) is 12.5 Å². The molecule has 0 amide bonds. The molecule has 0 fully saturated rings. The molecule has 0 aliphatic carbocycles. The van der Waals surface area contributed by atoms with Gasteiger partial charge in [-0.1, -0.05) is 6.07 Å². The topological polar surface area (TPSA) is 34.1 Å². The van der Waals surface area contributed by atoms with Gasteiger partial charge in [0.05, 0.1) is 6.61 Å². The third-order valence-electron chi connectivity index (χ3n) is 2.32. The van der Waals surface area contributed by atoms with Crippen molar-refractivity contribution in [3.05, 3.63) is 40.6 Å². The summed E-state index contributed by atoms with van der Waals surface area (Å²) in [5, 5.41) is 7.57. The maximum atomic E-state index is 5.35. The van der Waals surface area contributed by atoms with Gasteiger partial charge >= 0.3 is 0 Å². The Balaban J connectivity index is 1.84. The highest BCUT2D eigenvalue weighted by Crippen LogP contribution is 2.12. The van der Waals surface area contributed by atoms with Gasteiger partial charge < -0.3 is 10.1 Å². The average molecular weight is 248 g/mol. The highest BCUT2D eigenvalue weighted by atomic mass is 32.1. The number of anilines is 1. The van der Waals surface area contributed by atoms with Crippen LogP contribution in [0.15, 0.2) is 35.0 Å². The second-order valence-corrected chi connectivity index (χ2v) is 4.38. The van der Waals surface area contributed by atoms with Crippen molar-refractivity contribution in [1.82, 2.24) is 4.98 Å². The predicted octanol–water partition coefficient (Wildman–Crippen LogP) is 3.20. The van der Waals surface area contributed by atoms with Gasteiger partial charge in [0, 0.05) is 12.6 Å². The van der Waals surface area contributed by atoms with Gasteiger partial charge in [0.25, 0.3) is 0 Å². The first-order chi connectivity index (χ1) is 8.38. The summed E-state index contributed by atoms with van der Waals surface area (Å²) in [7, 11) is 0. The molecular formula is C13H16N2OS. The minimum atomic E-state index is 0.644. The van der Waals surface area contributed by atoms with E-state index in [2.05, 4.69) is 27.1 Å². The van der Waals surface area contributed by atoms with Crippen LogP contribution in [0, 0.1) is 0 Å². The van der Waals surface area contributed by atoms with E-state index in [0.717, 1.165) is 18.8 Å². The fourth-order valence-electron chi connectivity index (χ4n) is 1.51. The Hall–Kier alpha value is -1.55. The van der Waals surface area contributed by atoms with E-state index in [4.69, 9.17) is 4.74 Å². The zero-order valence-electron chi connectivity index (χ0n) is 9.85. The van der Waals surface area contributed by atoms with E-state index >= 15 is 0 Å². The first kappa shape index (κ1) is 11.9. The van der Waals surface area contributed by atoms with E-state index in [1.54, 1.807) is 11.3 Å². The number of ether oxygens (including phenoxy) is 1. The summed E-state index contributed by atoms with van der Waals surface area (Å²) < 4.78 is 5.35. The van der Waals surface area contributed by atoms with Crippen LogP contribution < -0.4 is 10.1 Å². The van der Waals surface area contributed by atoms with Crippen molar-refractivity contribution in [2.24, 2.45) is 0 Å². The van der Waals surface area contributed by atoms with E-state index in [0.29, 0.717) is 12.5 Å². The summed E-state index contributed by atoms with van der Waals surface area (Å²) in [6.45, 7) is 3.49. The van der Waals surface area contributed by atoms with Crippen LogP contribution in [0.5, 0.6) is 5.88 Å². The molecule has 0 aliphatic rings. The Kier molecular flexibility index (Phi) is 4.38. The summed E-state index contributed by atoms with van der Waals surface area (Å²) in [6, 6.07) is 7.92. The molecule has 2 rings (SSSR count). The third kappa shape index (κ3) is 3.75. The fourth-order valence-corrected chi connectivity index (χ4v) is 2.21. The summed E-state index contributed by atoms with van der Waals surface area (Å²) in [5.74, 6) is 1.54. The lowest BCUT2D eigenvalue weighted by Crippen LogP contribution is -2.06. The number of hydrogen-bond donors (Lipinski definition) is 1. The van der Waals surface area contributed by atoms with Crippen LogP contribution >= 0.6 is 11.3 Å². The SMILES string of the molecule is CCOc1cccc(NCCc2ccsc2)n1. The molecule has 17 heavy (non-hydrogen) atoms. The van der Waals surface area contributed by atoms with Crippen LogP contribution in [0.3, 0.4) is 0 Å². The lowest BCUT2D eigenvalue weighted by atomic mass is 10.2. The quantitative estimate of drug-likeness (QED) is 0.852. The first-order valence-electron chi connectivity index (χ1n) is 5.73. The second-order valence-electron chi connectivity index (χ2n) is 3.60. The number of nitrogens with one attached hydrogen (secondary N) is 1. The lowest BCUT2D eigenvalue weighted by Gasteiger charge is -2.07. The summed E-state index contributed by atoms with van der Waals surface area (Å²) in [4.78, 5) is 4.35. The van der Waals surface area contributed by atoms with E-state index in [1.165, 1.54) is 5.56 Å². The van der Waals surface area contributed by atoms with Crippen molar-refractivity contribution in [3.8, 4) is 5.88 Å². The average Bonchev–Trinajstić information content (AvgIpc) is 2.83. The van der Waals surface area contributed by atoms with Crippen molar-refractivity contribution in [1.29, 1.82) is 0 Å². The molecular weight excluding hydrogens is 232 g/mol. The molecule has 0 bridgehead atoms. The molecule has 2 aromatic heterocycles. The molecule has 2 heterocycles. The Morgan fingerprint density at radius 2 is 2.29 bits per heavy atom. The maximum absolute atomic E-state index is 5.35. The molecule has 0 radical (unpaired) electrons. The normalized spacial score (nSPS) is 10.2. The van der Waals surface area contributed by atoms with Crippen molar-refractivity contribution in [2.45, 2.75) is 13.3 Å². The molecule has 2 aromatic rings. The number of hydrogen-bond acceptors (Lipinski definition) is 4. The van der Waals surface area contributed by atoms with Gasteiger partial charge in [-0.05, 0) is 41.8 Å². The van der Waals surface area contributed by atoms with Gasteiger partial charge in [-0.3, -0.25) is 0 Å². The molecule has 0 atom stereocenters. The van der Waals surface area contributed by atoms with E-state index < -0.39 is 0 Å². The summed E-state index contributed by atoms with van der Waals surface area (Å²) in [6.07, 6.45) is 1.02. The second kappa shape index (κ2) is 6.25. The zero-order chi connectivity index (χ0) is 11.9. The van der Waals surface area contributed by atoms with Crippen LogP contribution in [-0.4, -0.2) is 18.1 Å². The molecule has 3 nitrogen and oxygen atoms in total. The number of rotatable bonds is 6. The first-order valence-corrected chi connectivity index (χ1v) is 6.67. The number of aromatic nitrogens is 1. The molecule has 0 saturated heterocycles. The number of thiophene rings is 1. The van der Waals surface area contributed by atoms with Crippen molar-refractivity contribution in [3.63, 3.8) is 0 Å². The lowest BCUT2D eigenvalue weighted by molar-refractivity contribution is 0.327. The van der Waals surface area contributed by atoms with Crippen molar-refractivity contribution < 1.29 is 4.74 Å². The number of nitrogens with zero attached hydrogens (tertiary/aromatic N) is 1. The largest absolute Gasteiger partial charge is 0.478 e. The van der Waals surface area contributed by atoms with Crippen LogP contribution in [-0.2, 0) is 6.42 Å². The Labute approximate surface area is 105 Å². The Morgan fingerprint density at radius 3 is 3.06 bits per heavy atom. The molecule has 0 spiro atoms. The Morgan fingerprint density at radius 1 is 1.35 bits per heavy atom. The summed E-state index contributed by atoms with van der Waals surface area (Å²) >= 11 is 1.73. The van der Waals surface area contributed by atoms with Crippen LogP contribution in [0.2, 0.25) is 0 Å². The van der Waals surface area contributed by atoms with Crippen molar-refractivity contribution >= 4 is 17.2 Å². The van der Waals surface area contributed by atoms with Gasteiger partial charge in [-0.25, -0.2) is 0 Å². The minimum absolute atomic E-state index is 0.644. The molecule has 0 unspecified atom stereocenters. The molecule has 0 aliphatic heterocycles. The van der Waals surface area contributed by atoms with Gasteiger partial charge in [0.1, 0.15) is 5.82 Å². The third-order valence-corrected chi connectivity index (χ3v) is 3.05. The molecule has 90 valence electrons. The monoisotopic (exact) mass is 248 g/mol. The van der Waals surface area contributed by atoms with Gasteiger partial charge in [-0.2, -0.15) is 16.3 Å². The highest BCUT2D eigenvalue weighted by molar-refractivity contribution is 7.07. The summed E-state index contributed by atoms with van der Waals surface area (Å²) in [5.41, 5.74) is 1.36. The van der Waals surface area contributed by atoms with Gasteiger partial charge in [-0.15, -0.1) is 0 Å². The molecule has 0 aromatic carbocycles. The minimum Gasteiger partial charge on any atom is -0.478 e. The van der Waals surface area contributed by atoms with Crippen LogP contribution in [0.4, 0.5) is 5.82 Å². The van der Waals surface area contributed by atoms with Crippen LogP contribution in [0.25, 0.3) is 0 Å². The molecule has 1 N–H and O–H groups in total. The predicted molar refractivity (Wildman–Crippen MR) is 71.9 cm³/mol. The number of pyridine rings is 1. The fraction of sp³-hybridized carbons (Fsp3) is 0.308. The highest BCUT2D eigenvalue weighted by Gasteiger charge is 1.98.